The van der Waals surface area contributed by atoms with Crippen LogP contribution >= 0.6 is 11.8 Å². The molecular weight excluding hydrogens is 370 g/mol. The normalized spacial score (nSPS) is 10.9. The lowest BCUT2D eigenvalue weighted by molar-refractivity contribution is 0.102. The van der Waals surface area contributed by atoms with Crippen molar-refractivity contribution < 1.29 is 4.79 Å². The Morgan fingerprint density at radius 2 is 1.93 bits per heavy atom. The molecule has 0 aliphatic rings. The average molecular weight is 389 g/mol. The van der Waals surface area contributed by atoms with Gasteiger partial charge in [-0.3, -0.25) is 4.79 Å². The van der Waals surface area contributed by atoms with Crippen LogP contribution in [0.15, 0.2) is 70.8 Å². The number of carbonyl (C=O) groups is 1. The van der Waals surface area contributed by atoms with Gasteiger partial charge in [0.2, 0.25) is 0 Å². The van der Waals surface area contributed by atoms with Crippen molar-refractivity contribution in [3.05, 3.63) is 77.7 Å². The fourth-order valence-corrected chi connectivity index (χ4v) is 3.89. The quantitative estimate of drug-likeness (QED) is 0.512. The Morgan fingerprint density at radius 3 is 2.75 bits per heavy atom. The molecule has 0 saturated carbocycles. The van der Waals surface area contributed by atoms with Crippen LogP contribution in [0.5, 0.6) is 0 Å². The highest BCUT2D eigenvalue weighted by molar-refractivity contribution is 7.99. The number of aromatic nitrogens is 4. The van der Waals surface area contributed by atoms with Gasteiger partial charge >= 0.3 is 0 Å². The summed E-state index contributed by atoms with van der Waals surface area (Å²) in [5.74, 6) is 0.448. The molecule has 140 valence electrons. The third-order valence-electron chi connectivity index (χ3n) is 4.37. The first-order chi connectivity index (χ1) is 13.7. The number of hydrogen-bond acceptors (Lipinski definition) is 5. The van der Waals surface area contributed by atoms with Gasteiger partial charge in [0.1, 0.15) is 11.4 Å². The zero-order chi connectivity index (χ0) is 19.5. The lowest BCUT2D eigenvalue weighted by atomic mass is 10.1. The van der Waals surface area contributed by atoms with Crippen LogP contribution in [-0.2, 0) is 6.42 Å². The summed E-state index contributed by atoms with van der Waals surface area (Å²) >= 11 is 1.52. The Hall–Kier alpha value is -3.19. The summed E-state index contributed by atoms with van der Waals surface area (Å²) in [5.41, 5.74) is 3.31. The number of nitrogens with zero attached hydrogens (tertiary/aromatic N) is 4. The van der Waals surface area contributed by atoms with Gasteiger partial charge < -0.3 is 5.32 Å². The number of para-hydroxylation sites is 1. The minimum Gasteiger partial charge on any atom is -0.321 e. The Balaban J connectivity index is 1.67. The molecule has 0 spiro atoms. The summed E-state index contributed by atoms with van der Waals surface area (Å²) in [6, 6.07) is 17.3. The van der Waals surface area contributed by atoms with Crippen LogP contribution in [0, 0.1) is 6.92 Å². The van der Waals surface area contributed by atoms with E-state index in [1.807, 2.05) is 61.5 Å². The maximum atomic E-state index is 12.8. The molecule has 0 saturated heterocycles. The van der Waals surface area contributed by atoms with E-state index >= 15 is 0 Å². The van der Waals surface area contributed by atoms with E-state index in [1.165, 1.54) is 18.1 Å². The van der Waals surface area contributed by atoms with Crippen molar-refractivity contribution in [3.63, 3.8) is 0 Å². The maximum absolute atomic E-state index is 12.8. The minimum atomic E-state index is -0.124. The number of rotatable bonds is 5. The van der Waals surface area contributed by atoms with Crippen molar-refractivity contribution in [1.82, 2.24) is 19.6 Å². The number of anilines is 1. The van der Waals surface area contributed by atoms with E-state index in [2.05, 4.69) is 27.3 Å². The molecule has 2 aromatic carbocycles. The van der Waals surface area contributed by atoms with E-state index in [1.54, 1.807) is 4.52 Å². The van der Waals surface area contributed by atoms with Crippen LogP contribution in [0.2, 0.25) is 0 Å². The van der Waals surface area contributed by atoms with Gasteiger partial charge in [0.15, 0.2) is 0 Å². The second kappa shape index (κ2) is 7.82. The zero-order valence-electron chi connectivity index (χ0n) is 15.6. The van der Waals surface area contributed by atoms with Gasteiger partial charge in [0, 0.05) is 16.2 Å². The standard InChI is InChI=1S/C21H19N5OS/c1-3-15-12-19(26-21(24-15)22-13-23-26)28-18-11-7-6-10-17(18)25-20(27)16-9-5-4-8-14(16)2/h4-13H,3H2,1-2H3,(H,25,27). The van der Waals surface area contributed by atoms with Crippen LogP contribution in [-0.4, -0.2) is 25.5 Å². The molecule has 7 heteroatoms. The molecule has 2 aromatic heterocycles. The van der Waals surface area contributed by atoms with Crippen molar-refractivity contribution in [3.8, 4) is 0 Å². The fraction of sp³-hybridized carbons (Fsp3) is 0.143. The Morgan fingerprint density at radius 1 is 1.14 bits per heavy atom. The molecule has 1 N–H and O–H groups in total. The maximum Gasteiger partial charge on any atom is 0.255 e. The van der Waals surface area contributed by atoms with Crippen LogP contribution in [0.3, 0.4) is 0 Å². The van der Waals surface area contributed by atoms with E-state index in [-0.39, 0.29) is 5.91 Å². The first-order valence-corrected chi connectivity index (χ1v) is 9.81. The first kappa shape index (κ1) is 18.2. The molecule has 6 nitrogen and oxygen atoms in total. The van der Waals surface area contributed by atoms with E-state index in [0.29, 0.717) is 11.3 Å². The number of fused-ring (bicyclic) bond motifs is 1. The molecule has 0 fully saturated rings. The van der Waals surface area contributed by atoms with Crippen molar-refractivity contribution in [2.45, 2.75) is 30.2 Å². The molecule has 4 rings (SSSR count). The molecule has 4 aromatic rings. The average Bonchev–Trinajstić information content (AvgIpc) is 3.18. The lowest BCUT2D eigenvalue weighted by Crippen LogP contribution is -2.13. The monoisotopic (exact) mass is 389 g/mol. The Kier molecular flexibility index (Phi) is 5.08. The van der Waals surface area contributed by atoms with Crippen LogP contribution < -0.4 is 5.32 Å². The van der Waals surface area contributed by atoms with Gasteiger partial charge in [-0.2, -0.15) is 14.6 Å². The van der Waals surface area contributed by atoms with Crippen LogP contribution in [0.25, 0.3) is 5.78 Å². The van der Waals surface area contributed by atoms with Crippen LogP contribution in [0.4, 0.5) is 5.69 Å². The van der Waals surface area contributed by atoms with Gasteiger partial charge in [-0.25, -0.2) is 4.98 Å². The highest BCUT2D eigenvalue weighted by atomic mass is 32.2. The Labute approximate surface area is 167 Å². The summed E-state index contributed by atoms with van der Waals surface area (Å²) < 4.78 is 1.71. The second-order valence-corrected chi connectivity index (χ2v) is 7.34. The molecule has 1 amide bonds. The van der Waals surface area contributed by atoms with Crippen molar-refractivity contribution >= 4 is 29.1 Å². The van der Waals surface area contributed by atoms with Crippen LogP contribution in [0.1, 0.15) is 28.5 Å². The third kappa shape index (κ3) is 3.61. The van der Waals surface area contributed by atoms with E-state index in [4.69, 9.17) is 0 Å². The SMILES string of the molecule is CCc1cc(Sc2ccccc2NC(=O)c2ccccc2C)n2ncnc2n1. The summed E-state index contributed by atoms with van der Waals surface area (Å²) in [5, 5.41) is 8.21. The molecule has 0 unspecified atom stereocenters. The van der Waals surface area contributed by atoms with Gasteiger partial charge in [0.05, 0.1) is 5.69 Å². The summed E-state index contributed by atoms with van der Waals surface area (Å²) in [6.07, 6.45) is 2.31. The zero-order valence-corrected chi connectivity index (χ0v) is 16.4. The number of nitrogens with one attached hydrogen (secondary N) is 1. The van der Waals surface area contributed by atoms with Gasteiger partial charge in [-0.15, -0.1) is 0 Å². The lowest BCUT2D eigenvalue weighted by Gasteiger charge is -2.12. The second-order valence-electron chi connectivity index (χ2n) is 6.28. The summed E-state index contributed by atoms with van der Waals surface area (Å²) in [7, 11) is 0. The first-order valence-electron chi connectivity index (χ1n) is 8.99. The minimum absolute atomic E-state index is 0.124. The topological polar surface area (TPSA) is 72.2 Å². The largest absolute Gasteiger partial charge is 0.321 e. The molecular formula is C21H19N5OS. The molecule has 28 heavy (non-hydrogen) atoms. The highest BCUT2D eigenvalue weighted by Gasteiger charge is 2.14. The summed E-state index contributed by atoms with van der Waals surface area (Å²) in [6.45, 7) is 3.99. The number of hydrogen-bond donors (Lipinski definition) is 1. The molecule has 0 aliphatic carbocycles. The smallest absolute Gasteiger partial charge is 0.255 e. The number of aryl methyl sites for hydroxylation is 2. The van der Waals surface area contributed by atoms with Gasteiger partial charge in [0.25, 0.3) is 11.7 Å². The number of amides is 1. The van der Waals surface area contributed by atoms with E-state index in [9.17, 15) is 4.79 Å². The molecule has 0 bridgehead atoms. The van der Waals surface area contributed by atoms with Crippen molar-refractivity contribution in [1.29, 1.82) is 0 Å². The molecule has 0 radical (unpaired) electrons. The van der Waals surface area contributed by atoms with E-state index < -0.39 is 0 Å². The predicted octanol–water partition coefficient (Wildman–Crippen LogP) is 4.40. The van der Waals surface area contributed by atoms with Crippen molar-refractivity contribution in [2.75, 3.05) is 5.32 Å². The van der Waals surface area contributed by atoms with Crippen molar-refractivity contribution in [2.24, 2.45) is 0 Å². The Bertz CT molecular complexity index is 1150. The summed E-state index contributed by atoms with van der Waals surface area (Å²) in [4.78, 5) is 22.4. The van der Waals surface area contributed by atoms with E-state index in [0.717, 1.165) is 33.3 Å². The van der Waals surface area contributed by atoms with Gasteiger partial charge in [-0.1, -0.05) is 49.0 Å². The molecule has 0 aliphatic heterocycles. The fourth-order valence-electron chi connectivity index (χ4n) is 2.87. The predicted molar refractivity (Wildman–Crippen MR) is 110 cm³/mol. The molecule has 2 heterocycles. The third-order valence-corrected chi connectivity index (χ3v) is 5.45. The van der Waals surface area contributed by atoms with Gasteiger partial charge in [-0.05, 0) is 43.2 Å². The number of carbonyl (C=O) groups excluding carboxylic acids is 1. The number of benzene rings is 2. The highest BCUT2D eigenvalue weighted by Crippen LogP contribution is 2.34. The molecule has 0 atom stereocenters.